The van der Waals surface area contributed by atoms with E-state index in [0.717, 1.165) is 19.3 Å². The molecule has 0 heterocycles. The average molecular weight is 428 g/mol. The Morgan fingerprint density at radius 1 is 1.11 bits per heavy atom. The Balaban J connectivity index is 2.45. The summed E-state index contributed by atoms with van der Waals surface area (Å²) in [6, 6.07) is 4.11. The van der Waals surface area contributed by atoms with E-state index in [0.29, 0.717) is 17.9 Å². The molecule has 1 aliphatic carbocycles. The smallest absolute Gasteiger partial charge is 0.325 e. The molecule has 1 unspecified atom stereocenters. The molecular weight excluding hydrogens is 386 g/mol. The van der Waals surface area contributed by atoms with Crippen molar-refractivity contribution in [1.82, 2.24) is 5.32 Å². The fourth-order valence-corrected chi connectivity index (χ4v) is 10.7. The van der Waals surface area contributed by atoms with Crippen molar-refractivity contribution in [2.24, 2.45) is 5.92 Å². The zero-order valence-electron chi connectivity index (χ0n) is 18.8. The van der Waals surface area contributed by atoms with E-state index in [-0.39, 0.29) is 12.5 Å². The molecule has 1 saturated carbocycles. The lowest BCUT2D eigenvalue weighted by molar-refractivity contribution is -0.158. The minimum Gasteiger partial charge on any atom is -0.458 e. The molecule has 0 saturated heterocycles. The van der Waals surface area contributed by atoms with Crippen molar-refractivity contribution in [3.63, 3.8) is 0 Å². The van der Waals surface area contributed by atoms with E-state index in [1.54, 1.807) is 6.92 Å². The van der Waals surface area contributed by atoms with Crippen LogP contribution in [0.1, 0.15) is 32.6 Å². The molecule has 7 heteroatoms. The number of ether oxygens (including phenoxy) is 1. The minimum absolute atomic E-state index is 0.184. The molecule has 0 radical (unpaired) electrons. The second kappa shape index (κ2) is 10.7. The largest absolute Gasteiger partial charge is 0.458 e. The Bertz CT molecular complexity index is 557. The van der Waals surface area contributed by atoms with Crippen molar-refractivity contribution in [3.8, 4) is 0 Å². The number of hydrogen-bond acceptors (Lipinski definition) is 4. The standard InChI is InChI=1S/C21H41NO4Si2/c1-16(2)21(25)22-15-20(24)26-19-14-17(8-9-18(19)23)10-11-28(6,7)13-12-27(3,4)5/h17-19,23H,1,8-15H2,2-7H3,(H,22,25)/t17-,18+,19?/m0/s1. The number of carbonyl (C=O) groups excluding carboxylic acids is 2. The first-order valence-electron chi connectivity index (χ1n) is 10.6. The predicted octanol–water partition coefficient (Wildman–Crippen LogP) is 4.19. The van der Waals surface area contributed by atoms with Crippen molar-refractivity contribution < 1.29 is 19.4 Å². The second-order valence-corrected chi connectivity index (χ2v) is 21.5. The highest BCUT2D eigenvalue weighted by Gasteiger charge is 2.33. The third-order valence-corrected chi connectivity index (χ3v) is 11.2. The van der Waals surface area contributed by atoms with Crippen molar-refractivity contribution in [1.29, 1.82) is 0 Å². The molecule has 5 nitrogen and oxygen atoms in total. The van der Waals surface area contributed by atoms with E-state index >= 15 is 0 Å². The second-order valence-electron chi connectivity index (χ2n) is 10.5. The van der Waals surface area contributed by atoms with Gasteiger partial charge in [0.15, 0.2) is 0 Å². The SMILES string of the molecule is C=C(C)C(=O)NCC(=O)OC1C[C@H](CC[Si](C)(C)CC[Si](C)(C)C)CC[C@H]1O. The van der Waals surface area contributed by atoms with Crippen molar-refractivity contribution in [2.75, 3.05) is 6.54 Å². The molecule has 0 aromatic carbocycles. The molecule has 0 aliphatic heterocycles. The normalized spacial score (nSPS) is 23.2. The number of nitrogens with one attached hydrogen (secondary N) is 1. The number of esters is 1. The van der Waals surface area contributed by atoms with Crippen LogP contribution < -0.4 is 5.32 Å². The molecule has 0 bridgehead atoms. The maximum Gasteiger partial charge on any atom is 0.325 e. The monoisotopic (exact) mass is 427 g/mol. The van der Waals surface area contributed by atoms with Crippen LogP contribution in [0.2, 0.25) is 50.9 Å². The third-order valence-electron chi connectivity index (χ3n) is 5.71. The van der Waals surface area contributed by atoms with Gasteiger partial charge in [0.2, 0.25) is 5.91 Å². The summed E-state index contributed by atoms with van der Waals surface area (Å²) in [7, 11) is -2.18. The van der Waals surface area contributed by atoms with Crippen LogP contribution in [0.15, 0.2) is 12.2 Å². The van der Waals surface area contributed by atoms with Gasteiger partial charge in [-0.3, -0.25) is 9.59 Å². The van der Waals surface area contributed by atoms with Crippen LogP contribution in [0, 0.1) is 5.92 Å². The highest BCUT2D eigenvalue weighted by molar-refractivity contribution is 6.82. The number of aliphatic hydroxyl groups is 1. The molecule has 1 rings (SSSR count). The number of aliphatic hydroxyl groups excluding tert-OH is 1. The Morgan fingerprint density at radius 3 is 2.32 bits per heavy atom. The van der Waals surface area contributed by atoms with Gasteiger partial charge in [0, 0.05) is 21.7 Å². The number of hydrogen-bond donors (Lipinski definition) is 2. The molecular formula is C21H41NO4Si2. The van der Waals surface area contributed by atoms with Crippen LogP contribution in [0.3, 0.4) is 0 Å². The summed E-state index contributed by atoms with van der Waals surface area (Å²) < 4.78 is 5.47. The van der Waals surface area contributed by atoms with E-state index in [4.69, 9.17) is 4.74 Å². The van der Waals surface area contributed by atoms with E-state index in [2.05, 4.69) is 44.6 Å². The van der Waals surface area contributed by atoms with Gasteiger partial charge in [-0.2, -0.15) is 0 Å². The first kappa shape index (κ1) is 25.1. The highest BCUT2D eigenvalue weighted by atomic mass is 28.3. The van der Waals surface area contributed by atoms with Gasteiger partial charge in [0.05, 0.1) is 6.10 Å². The number of carbonyl (C=O) groups is 2. The van der Waals surface area contributed by atoms with Crippen LogP contribution in [-0.2, 0) is 14.3 Å². The Kier molecular flexibility index (Phi) is 9.63. The van der Waals surface area contributed by atoms with E-state index in [1.807, 2.05) is 0 Å². The van der Waals surface area contributed by atoms with Gasteiger partial charge in [0.25, 0.3) is 0 Å². The molecule has 2 N–H and O–H groups in total. The average Bonchev–Trinajstić information content (AvgIpc) is 2.58. The Labute approximate surface area is 173 Å². The maximum atomic E-state index is 12.0. The summed E-state index contributed by atoms with van der Waals surface area (Å²) in [5.74, 6) is -0.349. The summed E-state index contributed by atoms with van der Waals surface area (Å²) >= 11 is 0. The van der Waals surface area contributed by atoms with Gasteiger partial charge >= 0.3 is 5.97 Å². The first-order chi connectivity index (χ1) is 12.8. The van der Waals surface area contributed by atoms with Crippen LogP contribution in [0.4, 0.5) is 0 Å². The lowest BCUT2D eigenvalue weighted by atomic mass is 9.84. The molecule has 1 fully saturated rings. The summed E-state index contributed by atoms with van der Waals surface area (Å²) in [6.07, 6.45) is 2.50. The van der Waals surface area contributed by atoms with Crippen LogP contribution in [-0.4, -0.2) is 51.9 Å². The van der Waals surface area contributed by atoms with Crippen LogP contribution in [0.5, 0.6) is 0 Å². The molecule has 0 aromatic heterocycles. The van der Waals surface area contributed by atoms with E-state index in [9.17, 15) is 14.7 Å². The summed E-state index contributed by atoms with van der Waals surface area (Å²) in [6.45, 7) is 17.3. The van der Waals surface area contributed by atoms with Gasteiger partial charge in [-0.25, -0.2) is 0 Å². The van der Waals surface area contributed by atoms with Crippen LogP contribution in [0.25, 0.3) is 0 Å². The zero-order chi connectivity index (χ0) is 21.5. The van der Waals surface area contributed by atoms with Crippen molar-refractivity contribution >= 4 is 28.0 Å². The number of amides is 1. The topological polar surface area (TPSA) is 75.6 Å². The molecule has 0 spiro atoms. The van der Waals surface area contributed by atoms with Gasteiger partial charge in [0.1, 0.15) is 12.6 Å². The molecule has 1 amide bonds. The summed E-state index contributed by atoms with van der Waals surface area (Å²) in [4.78, 5) is 23.5. The predicted molar refractivity (Wildman–Crippen MR) is 121 cm³/mol. The third kappa shape index (κ3) is 10.0. The van der Waals surface area contributed by atoms with Gasteiger partial charge in [-0.15, -0.1) is 0 Å². The molecule has 28 heavy (non-hydrogen) atoms. The molecule has 1 aliphatic rings. The Morgan fingerprint density at radius 2 is 1.75 bits per heavy atom. The van der Waals surface area contributed by atoms with Crippen LogP contribution >= 0.6 is 0 Å². The Hall–Kier alpha value is -0.926. The maximum absolute atomic E-state index is 12.0. The van der Waals surface area contributed by atoms with Gasteiger partial charge in [-0.1, -0.05) is 63.9 Å². The fraction of sp³-hybridized carbons (Fsp3) is 0.810. The molecule has 3 atom stereocenters. The zero-order valence-corrected chi connectivity index (χ0v) is 20.8. The van der Waals surface area contributed by atoms with Crippen molar-refractivity contribution in [2.45, 2.75) is 95.7 Å². The van der Waals surface area contributed by atoms with Crippen molar-refractivity contribution in [3.05, 3.63) is 12.2 Å². The first-order valence-corrected chi connectivity index (χ1v) is 17.7. The number of rotatable bonds is 10. The van der Waals surface area contributed by atoms with Gasteiger partial charge in [-0.05, 0) is 32.1 Å². The summed E-state index contributed by atoms with van der Waals surface area (Å²) in [5.41, 5.74) is 0.353. The quantitative estimate of drug-likeness (QED) is 0.311. The molecule has 0 aromatic rings. The lowest BCUT2D eigenvalue weighted by Gasteiger charge is -2.34. The van der Waals surface area contributed by atoms with Gasteiger partial charge < -0.3 is 15.2 Å². The minimum atomic E-state index is -1.20. The van der Waals surface area contributed by atoms with E-state index < -0.39 is 34.3 Å². The molecule has 162 valence electrons. The summed E-state index contributed by atoms with van der Waals surface area (Å²) in [5, 5.41) is 12.7. The fourth-order valence-electron chi connectivity index (χ4n) is 3.53. The highest BCUT2D eigenvalue weighted by Crippen LogP contribution is 2.33. The van der Waals surface area contributed by atoms with E-state index in [1.165, 1.54) is 18.1 Å². The lowest BCUT2D eigenvalue weighted by Crippen LogP contribution is -2.40.